The smallest absolute Gasteiger partial charge is 0.380 e. The summed E-state index contributed by atoms with van der Waals surface area (Å²) in [6.07, 6.45) is 2.00. The van der Waals surface area contributed by atoms with Crippen LogP contribution in [0.15, 0.2) is 136 Å². The lowest BCUT2D eigenvalue weighted by Crippen LogP contribution is -2.52. The first-order valence-corrected chi connectivity index (χ1v) is 27.4. The number of nitrogens with one attached hydrogen (secondary N) is 2. The monoisotopic (exact) mass is 1030 g/mol. The van der Waals surface area contributed by atoms with Gasteiger partial charge in [0.15, 0.2) is 0 Å². The van der Waals surface area contributed by atoms with Gasteiger partial charge in [-0.25, -0.2) is 25.9 Å². The molecule has 3 aliphatic rings. The van der Waals surface area contributed by atoms with Gasteiger partial charge in [-0.1, -0.05) is 66.2 Å². The molecule has 3 atom stereocenters. The number of amides is 1. The number of sulfone groups is 1. The second kappa shape index (κ2) is 22.2. The number of alkyl halides is 4. The first kappa shape index (κ1) is 50.7. The van der Waals surface area contributed by atoms with Gasteiger partial charge >= 0.3 is 5.51 Å². The number of nitrogens with zero attached hydrogens (tertiary/aromatic N) is 4. The number of rotatable bonds is 17. The second-order valence-electron chi connectivity index (χ2n) is 17.7. The molecule has 0 aliphatic carbocycles. The maximum Gasteiger partial charge on any atom is 0.501 e. The van der Waals surface area contributed by atoms with Crippen LogP contribution in [-0.4, -0.2) is 126 Å². The molecule has 368 valence electrons. The van der Waals surface area contributed by atoms with Crippen molar-refractivity contribution in [2.24, 2.45) is 0 Å². The van der Waals surface area contributed by atoms with E-state index in [0.717, 1.165) is 79.4 Å². The first-order valence-electron chi connectivity index (χ1n) is 23.0. The van der Waals surface area contributed by atoms with Crippen LogP contribution >= 0.6 is 23.4 Å². The Morgan fingerprint density at radius 3 is 2.14 bits per heavy atom. The minimum Gasteiger partial charge on any atom is -0.380 e. The molecule has 3 saturated heterocycles. The summed E-state index contributed by atoms with van der Waals surface area (Å²) >= 11 is 7.53. The Morgan fingerprint density at radius 1 is 0.783 bits per heavy atom. The van der Waals surface area contributed by atoms with E-state index in [9.17, 15) is 34.8 Å². The molecule has 0 bridgehead atoms. The van der Waals surface area contributed by atoms with Gasteiger partial charge in [0.05, 0.1) is 10.6 Å². The van der Waals surface area contributed by atoms with E-state index in [2.05, 4.69) is 32.1 Å². The van der Waals surface area contributed by atoms with Gasteiger partial charge in [-0.15, -0.1) is 11.8 Å². The molecule has 3 aliphatic heterocycles. The van der Waals surface area contributed by atoms with Crippen molar-refractivity contribution in [2.45, 2.75) is 70.7 Å². The zero-order valence-electron chi connectivity index (χ0n) is 37.8. The Labute approximate surface area is 411 Å². The van der Waals surface area contributed by atoms with E-state index in [-0.39, 0.29) is 18.2 Å². The minimum atomic E-state index is -6.11. The van der Waals surface area contributed by atoms with Crippen molar-refractivity contribution in [1.29, 1.82) is 0 Å². The fraction of sp³-hybridized carbons (Fsp3) is 0.380. The predicted octanol–water partition coefficient (Wildman–Crippen LogP) is 9.21. The quantitative estimate of drug-likeness (QED) is 0.0685. The van der Waals surface area contributed by atoms with Crippen LogP contribution in [0.25, 0.3) is 11.1 Å². The lowest BCUT2D eigenvalue weighted by Gasteiger charge is -2.39. The Morgan fingerprint density at radius 2 is 1.46 bits per heavy atom. The van der Waals surface area contributed by atoms with Gasteiger partial charge in [0.2, 0.25) is 0 Å². The van der Waals surface area contributed by atoms with E-state index in [0.29, 0.717) is 55.9 Å². The lowest BCUT2D eigenvalue weighted by atomic mass is 9.99. The highest BCUT2D eigenvalue weighted by Crippen LogP contribution is 2.37. The molecule has 69 heavy (non-hydrogen) atoms. The molecular weight excluding hydrogens is 972 g/mol. The number of carbonyl (C=O) groups is 1. The number of halogens is 5. The van der Waals surface area contributed by atoms with Gasteiger partial charge < -0.3 is 15.1 Å². The fourth-order valence-electron chi connectivity index (χ4n) is 9.29. The summed E-state index contributed by atoms with van der Waals surface area (Å²) in [5, 5.41) is 3.65. The highest BCUT2D eigenvalue weighted by atomic mass is 35.5. The summed E-state index contributed by atoms with van der Waals surface area (Å²) in [7, 11) is -11.0. The van der Waals surface area contributed by atoms with E-state index < -0.39 is 59.0 Å². The number of likely N-dealkylation sites (tertiary alicyclic amines) is 2. The predicted molar refractivity (Wildman–Crippen MR) is 265 cm³/mol. The standard InChI is InChI=1S/C50H55ClF4N6O5S3/c51-39-16-12-36(13-17-39)44-11-5-4-8-38(44)33-59-28-30-60(31-29-59)41-18-14-37(15-19-41)49(62)57-69(65,66)43-20-21-46(48(32-43)68(63,64)50(53,54)55)56-40(35-67-42-9-2-1-3-10-42)22-26-58-27-23-47(45(52)34-58)61-24-6-7-25-61/h1-5,8-21,32,40,45,47,56H,6-7,22-31,33-35H2,(H,57,62)/t40-,45?,47?/m1/s1. The number of hydrogen-bond donors (Lipinski definition) is 2. The van der Waals surface area contributed by atoms with Gasteiger partial charge in [-0.3, -0.25) is 14.6 Å². The average molecular weight is 1030 g/mol. The average Bonchev–Trinajstić information content (AvgIpc) is 3.88. The molecule has 8 rings (SSSR count). The van der Waals surface area contributed by atoms with Gasteiger partial charge in [0, 0.05) is 84.8 Å². The summed E-state index contributed by atoms with van der Waals surface area (Å²) in [4.78, 5) is 20.8. The summed E-state index contributed by atoms with van der Waals surface area (Å²) in [6.45, 7) is 6.65. The number of sulfonamides is 1. The van der Waals surface area contributed by atoms with Crippen molar-refractivity contribution in [3.63, 3.8) is 0 Å². The van der Waals surface area contributed by atoms with Crippen LogP contribution in [0.4, 0.5) is 28.9 Å². The van der Waals surface area contributed by atoms with Crippen molar-refractivity contribution in [1.82, 2.24) is 19.4 Å². The third kappa shape index (κ3) is 12.6. The number of thioether (sulfide) groups is 1. The summed E-state index contributed by atoms with van der Waals surface area (Å²) < 4.78 is 114. The molecule has 11 nitrogen and oxygen atoms in total. The van der Waals surface area contributed by atoms with E-state index in [1.165, 1.54) is 29.5 Å². The van der Waals surface area contributed by atoms with Crippen LogP contribution in [0.2, 0.25) is 5.02 Å². The van der Waals surface area contributed by atoms with Crippen LogP contribution in [0.3, 0.4) is 0 Å². The molecule has 0 aromatic heterocycles. The maximum absolute atomic E-state index is 15.4. The molecule has 0 radical (unpaired) electrons. The zero-order valence-corrected chi connectivity index (χ0v) is 41.0. The number of piperidine rings is 1. The lowest BCUT2D eigenvalue weighted by molar-refractivity contribution is -0.0435. The molecular formula is C50H55ClF4N6O5S3. The van der Waals surface area contributed by atoms with Crippen LogP contribution in [0.5, 0.6) is 0 Å². The largest absolute Gasteiger partial charge is 0.501 e. The van der Waals surface area contributed by atoms with Crippen LogP contribution in [0, 0.1) is 0 Å². The summed E-state index contributed by atoms with van der Waals surface area (Å²) in [5.74, 6) is -0.753. The molecule has 3 fully saturated rings. The van der Waals surface area contributed by atoms with Crippen LogP contribution in [-0.2, 0) is 26.4 Å². The highest BCUT2D eigenvalue weighted by Gasteiger charge is 2.48. The molecule has 19 heteroatoms. The molecule has 2 unspecified atom stereocenters. The van der Waals surface area contributed by atoms with Crippen molar-refractivity contribution < 1.29 is 39.2 Å². The van der Waals surface area contributed by atoms with E-state index in [1.54, 1.807) is 12.1 Å². The van der Waals surface area contributed by atoms with Crippen molar-refractivity contribution in [3.05, 3.63) is 137 Å². The van der Waals surface area contributed by atoms with Crippen LogP contribution in [0.1, 0.15) is 41.6 Å². The Kier molecular flexibility index (Phi) is 16.3. The normalized spacial score (nSPS) is 19.3. The molecule has 3 heterocycles. The molecule has 5 aromatic carbocycles. The van der Waals surface area contributed by atoms with Crippen molar-refractivity contribution >= 4 is 60.5 Å². The first-order chi connectivity index (χ1) is 33.0. The van der Waals surface area contributed by atoms with Crippen molar-refractivity contribution in [2.75, 3.05) is 74.9 Å². The van der Waals surface area contributed by atoms with Gasteiger partial charge in [-0.2, -0.15) is 13.2 Å². The van der Waals surface area contributed by atoms with Gasteiger partial charge in [-0.05, 0) is 129 Å². The number of carbonyl (C=O) groups excluding carboxylic acids is 1. The number of benzene rings is 5. The third-order valence-electron chi connectivity index (χ3n) is 13.1. The fourth-order valence-corrected chi connectivity index (χ4v) is 12.4. The van der Waals surface area contributed by atoms with E-state index in [1.807, 2.05) is 76.4 Å². The van der Waals surface area contributed by atoms with E-state index >= 15 is 4.39 Å². The van der Waals surface area contributed by atoms with E-state index in [4.69, 9.17) is 11.6 Å². The molecule has 1 amide bonds. The Hall–Kier alpha value is -4.69. The molecule has 2 N–H and O–H groups in total. The number of piperazine rings is 1. The Balaban J connectivity index is 0.926. The van der Waals surface area contributed by atoms with Gasteiger partial charge in [0.25, 0.3) is 25.8 Å². The molecule has 0 spiro atoms. The minimum absolute atomic E-state index is 0.0284. The second-order valence-corrected chi connectivity index (χ2v) is 22.8. The number of hydrogen-bond acceptors (Lipinski definition) is 11. The topological polar surface area (TPSA) is 122 Å². The third-order valence-corrected chi connectivity index (χ3v) is 17.3. The SMILES string of the molecule is O=C(NS(=O)(=O)c1ccc(N[C@H](CCN2CCC(N3CCCC3)C(F)C2)CSc2ccccc2)c(S(=O)(=O)C(F)(F)F)c1)c1ccc(N2CCN(Cc3ccccc3-c3ccc(Cl)cc3)CC2)cc1. The Bertz CT molecular complexity index is 2760. The summed E-state index contributed by atoms with van der Waals surface area (Å²) in [6, 6.07) is 33.2. The molecule has 5 aromatic rings. The number of anilines is 2. The highest BCUT2D eigenvalue weighted by molar-refractivity contribution is 7.99. The molecule has 0 saturated carbocycles. The zero-order chi connectivity index (χ0) is 48.8. The maximum atomic E-state index is 15.4. The van der Waals surface area contributed by atoms with Crippen molar-refractivity contribution in [3.8, 4) is 11.1 Å². The summed E-state index contributed by atoms with van der Waals surface area (Å²) in [5.41, 5.74) is -2.04. The van der Waals surface area contributed by atoms with Crippen LogP contribution < -0.4 is 14.9 Å². The van der Waals surface area contributed by atoms with Gasteiger partial charge in [0.1, 0.15) is 11.1 Å².